The lowest BCUT2D eigenvalue weighted by molar-refractivity contribution is 0.222. The van der Waals surface area contributed by atoms with Crippen LogP contribution in [0.15, 0.2) is 0 Å². The lowest BCUT2D eigenvalue weighted by atomic mass is 9.99. The highest BCUT2D eigenvalue weighted by atomic mass is 32.2. The fourth-order valence-electron chi connectivity index (χ4n) is 2.97. The third kappa shape index (κ3) is 3.96. The molecular weight excluding hydrogens is 216 g/mol. The van der Waals surface area contributed by atoms with E-state index >= 15 is 0 Å². The molecule has 1 rings (SSSR count). The molecule has 0 amide bonds. The van der Waals surface area contributed by atoms with Crippen molar-refractivity contribution in [3.05, 3.63) is 0 Å². The Bertz CT molecular complexity index is 205. The molecule has 0 radical (unpaired) electrons. The molecule has 0 heterocycles. The van der Waals surface area contributed by atoms with Crippen molar-refractivity contribution in [2.75, 3.05) is 6.61 Å². The molecule has 1 fully saturated rings. The first-order valence-corrected chi connectivity index (χ1v) is 7.52. The van der Waals surface area contributed by atoms with Gasteiger partial charge in [-0.15, -0.1) is 0 Å². The van der Waals surface area contributed by atoms with Crippen molar-refractivity contribution in [3.63, 3.8) is 0 Å². The van der Waals surface area contributed by atoms with Crippen LogP contribution in [0.25, 0.3) is 0 Å². The van der Waals surface area contributed by atoms with Gasteiger partial charge in [0.1, 0.15) is 0 Å². The van der Waals surface area contributed by atoms with Gasteiger partial charge in [-0.25, -0.2) is 0 Å². The summed E-state index contributed by atoms with van der Waals surface area (Å²) in [5.41, 5.74) is 0. The average Bonchev–Trinajstić information content (AvgIpc) is 2.48. The second-order valence-corrected chi connectivity index (χ2v) is 8.25. The van der Waals surface area contributed by atoms with Crippen molar-refractivity contribution in [2.45, 2.75) is 63.9 Å². The zero-order valence-corrected chi connectivity index (χ0v) is 12.3. The van der Waals surface area contributed by atoms with E-state index in [9.17, 15) is 0 Å². The minimum Gasteiger partial charge on any atom is -0.396 e. The van der Waals surface area contributed by atoms with Crippen LogP contribution >= 0.6 is 11.8 Å². The standard InChI is InChI=1S/C14H28OS/c1-10(9-15)8-14(4,5)16-13-11(2)6-7-12(13)3/h10-13,15H,6-9H2,1-5H3. The summed E-state index contributed by atoms with van der Waals surface area (Å²) in [6, 6.07) is 0. The number of rotatable bonds is 5. The Morgan fingerprint density at radius 3 is 2.19 bits per heavy atom. The molecule has 0 aliphatic heterocycles. The summed E-state index contributed by atoms with van der Waals surface area (Å²) in [4.78, 5) is 0. The van der Waals surface area contributed by atoms with Gasteiger partial charge >= 0.3 is 0 Å². The van der Waals surface area contributed by atoms with Crippen molar-refractivity contribution < 1.29 is 5.11 Å². The van der Waals surface area contributed by atoms with E-state index in [4.69, 9.17) is 5.11 Å². The molecular formula is C14H28OS. The molecule has 1 N–H and O–H groups in total. The minimum atomic E-state index is 0.305. The van der Waals surface area contributed by atoms with E-state index in [0.29, 0.717) is 17.3 Å². The van der Waals surface area contributed by atoms with Crippen LogP contribution in [0.4, 0.5) is 0 Å². The Morgan fingerprint density at radius 2 is 1.75 bits per heavy atom. The highest BCUT2D eigenvalue weighted by Crippen LogP contribution is 2.46. The van der Waals surface area contributed by atoms with Crippen molar-refractivity contribution in [1.82, 2.24) is 0 Å². The van der Waals surface area contributed by atoms with Gasteiger partial charge in [0.15, 0.2) is 0 Å². The highest BCUT2D eigenvalue weighted by molar-refractivity contribution is 8.01. The molecule has 2 heteroatoms. The van der Waals surface area contributed by atoms with Gasteiger partial charge in [-0.2, -0.15) is 11.8 Å². The van der Waals surface area contributed by atoms with Crippen LogP contribution in [0.2, 0.25) is 0 Å². The third-order valence-electron chi connectivity index (χ3n) is 3.81. The highest BCUT2D eigenvalue weighted by Gasteiger charge is 2.35. The molecule has 1 saturated carbocycles. The quantitative estimate of drug-likeness (QED) is 0.790. The Kier molecular flexibility index (Phi) is 5.18. The van der Waals surface area contributed by atoms with Crippen molar-refractivity contribution in [3.8, 4) is 0 Å². The smallest absolute Gasteiger partial charge is 0.0457 e. The number of aliphatic hydroxyl groups excluding tert-OH is 1. The molecule has 0 saturated heterocycles. The Hall–Kier alpha value is 0.310. The van der Waals surface area contributed by atoms with Crippen LogP contribution in [0.1, 0.15) is 53.9 Å². The monoisotopic (exact) mass is 244 g/mol. The summed E-state index contributed by atoms with van der Waals surface area (Å²) in [5.74, 6) is 2.15. The van der Waals surface area contributed by atoms with Gasteiger partial charge in [-0.05, 0) is 37.0 Å². The predicted octanol–water partition coefficient (Wildman–Crippen LogP) is 3.95. The van der Waals surface area contributed by atoms with E-state index in [1.165, 1.54) is 12.8 Å². The molecule has 16 heavy (non-hydrogen) atoms. The predicted molar refractivity (Wildman–Crippen MR) is 73.9 cm³/mol. The van der Waals surface area contributed by atoms with Gasteiger partial charge in [-0.1, -0.05) is 34.6 Å². The zero-order valence-electron chi connectivity index (χ0n) is 11.5. The maximum Gasteiger partial charge on any atom is 0.0457 e. The van der Waals surface area contributed by atoms with E-state index in [0.717, 1.165) is 23.5 Å². The van der Waals surface area contributed by atoms with Crippen LogP contribution < -0.4 is 0 Å². The lowest BCUT2D eigenvalue weighted by Gasteiger charge is -2.33. The Labute approximate surface area is 105 Å². The summed E-state index contributed by atoms with van der Waals surface area (Å²) in [7, 11) is 0. The molecule has 1 aliphatic carbocycles. The van der Waals surface area contributed by atoms with E-state index in [-0.39, 0.29) is 0 Å². The number of hydrogen-bond donors (Lipinski definition) is 1. The van der Waals surface area contributed by atoms with Crippen molar-refractivity contribution in [1.29, 1.82) is 0 Å². The first-order valence-electron chi connectivity index (χ1n) is 6.64. The SMILES string of the molecule is CC(CO)CC(C)(C)SC1C(C)CCC1C. The van der Waals surface area contributed by atoms with E-state index in [2.05, 4.69) is 46.4 Å². The molecule has 0 aromatic carbocycles. The van der Waals surface area contributed by atoms with Crippen LogP contribution in [-0.4, -0.2) is 21.7 Å². The summed E-state index contributed by atoms with van der Waals surface area (Å²) in [6.07, 6.45) is 3.90. The summed E-state index contributed by atoms with van der Waals surface area (Å²) in [5, 5.41) is 9.97. The fourth-order valence-corrected chi connectivity index (χ4v) is 4.82. The van der Waals surface area contributed by atoms with Crippen molar-refractivity contribution in [2.24, 2.45) is 17.8 Å². The topological polar surface area (TPSA) is 20.2 Å². The lowest BCUT2D eigenvalue weighted by Crippen LogP contribution is -2.27. The van der Waals surface area contributed by atoms with Gasteiger partial charge in [0.2, 0.25) is 0 Å². The second-order valence-electron chi connectivity index (χ2n) is 6.37. The van der Waals surface area contributed by atoms with Gasteiger partial charge < -0.3 is 5.11 Å². The van der Waals surface area contributed by atoms with E-state index in [1.54, 1.807) is 0 Å². The number of thioether (sulfide) groups is 1. The third-order valence-corrected chi connectivity index (χ3v) is 5.81. The summed E-state index contributed by atoms with van der Waals surface area (Å²) < 4.78 is 0.305. The fraction of sp³-hybridized carbons (Fsp3) is 1.00. The second kappa shape index (κ2) is 5.77. The molecule has 1 nitrogen and oxygen atoms in total. The van der Waals surface area contributed by atoms with Gasteiger partial charge in [0.25, 0.3) is 0 Å². The Balaban J connectivity index is 2.50. The first-order chi connectivity index (χ1) is 7.35. The van der Waals surface area contributed by atoms with Gasteiger partial charge in [-0.3, -0.25) is 0 Å². The maximum absolute atomic E-state index is 9.15. The van der Waals surface area contributed by atoms with Crippen LogP contribution in [0.5, 0.6) is 0 Å². The molecule has 0 spiro atoms. The summed E-state index contributed by atoms with van der Waals surface area (Å²) in [6.45, 7) is 11.9. The average molecular weight is 244 g/mol. The first kappa shape index (κ1) is 14.4. The van der Waals surface area contributed by atoms with Gasteiger partial charge in [0.05, 0.1) is 0 Å². The van der Waals surface area contributed by atoms with Gasteiger partial charge in [0, 0.05) is 16.6 Å². The number of aliphatic hydroxyl groups is 1. The molecule has 0 aromatic heterocycles. The van der Waals surface area contributed by atoms with Crippen LogP contribution in [-0.2, 0) is 0 Å². The van der Waals surface area contributed by atoms with E-state index in [1.807, 2.05) is 0 Å². The molecule has 3 atom stereocenters. The molecule has 0 aromatic rings. The summed E-state index contributed by atoms with van der Waals surface area (Å²) >= 11 is 2.16. The van der Waals surface area contributed by atoms with Crippen LogP contribution in [0.3, 0.4) is 0 Å². The normalized spacial score (nSPS) is 33.0. The maximum atomic E-state index is 9.15. The zero-order chi connectivity index (χ0) is 12.3. The Morgan fingerprint density at radius 1 is 1.25 bits per heavy atom. The molecule has 1 aliphatic rings. The molecule has 3 unspecified atom stereocenters. The van der Waals surface area contributed by atoms with E-state index < -0.39 is 0 Å². The number of hydrogen-bond acceptors (Lipinski definition) is 2. The van der Waals surface area contributed by atoms with Crippen molar-refractivity contribution >= 4 is 11.8 Å². The largest absolute Gasteiger partial charge is 0.396 e. The minimum absolute atomic E-state index is 0.305. The molecule has 0 bridgehead atoms. The molecule has 96 valence electrons. The van der Waals surface area contributed by atoms with Crippen LogP contribution in [0, 0.1) is 17.8 Å².